The fourth-order valence-electron chi connectivity index (χ4n) is 2.77. The number of amides is 1. The summed E-state index contributed by atoms with van der Waals surface area (Å²) in [6.07, 6.45) is 6.02. The van der Waals surface area contributed by atoms with Crippen LogP contribution in [0.1, 0.15) is 49.2 Å². The largest absolute Gasteiger partial charge is 0.345 e. The average Bonchev–Trinajstić information content (AvgIpc) is 3.01. The van der Waals surface area contributed by atoms with Crippen molar-refractivity contribution in [3.05, 3.63) is 60.2 Å². The van der Waals surface area contributed by atoms with Gasteiger partial charge in [-0.3, -0.25) is 9.78 Å². The summed E-state index contributed by atoms with van der Waals surface area (Å²) >= 11 is 0. The minimum absolute atomic E-state index is 0.0799. The van der Waals surface area contributed by atoms with E-state index in [9.17, 15) is 4.79 Å². The number of hydrogen-bond acceptors (Lipinski definition) is 3. The van der Waals surface area contributed by atoms with E-state index in [2.05, 4.69) is 41.0 Å². The molecule has 0 radical (unpaired) electrons. The number of aromatic nitrogens is 3. The molecule has 5 heteroatoms. The summed E-state index contributed by atoms with van der Waals surface area (Å²) in [7, 11) is 0. The molecule has 1 atom stereocenters. The molecule has 0 saturated heterocycles. The summed E-state index contributed by atoms with van der Waals surface area (Å²) in [5.74, 6) is -0.0930. The molecule has 2 heterocycles. The van der Waals surface area contributed by atoms with Crippen molar-refractivity contribution in [3.8, 4) is 0 Å². The van der Waals surface area contributed by atoms with Crippen LogP contribution < -0.4 is 5.32 Å². The number of nitrogens with zero attached hydrogens (tertiary/aromatic N) is 2. The fourth-order valence-corrected chi connectivity index (χ4v) is 2.77. The van der Waals surface area contributed by atoms with Gasteiger partial charge in [0.1, 0.15) is 0 Å². The molecule has 1 amide bonds. The SMILES string of the molecule is CC(C)(C)C[C@@H](NC(=O)c1ccc2nc[nH]c2c1)c1cccnc1. The predicted octanol–water partition coefficient (Wildman–Crippen LogP) is 3.87. The van der Waals surface area contributed by atoms with Gasteiger partial charge in [0, 0.05) is 18.0 Å². The van der Waals surface area contributed by atoms with Crippen LogP contribution in [0.25, 0.3) is 11.0 Å². The van der Waals surface area contributed by atoms with Crippen LogP contribution in [0.5, 0.6) is 0 Å². The summed E-state index contributed by atoms with van der Waals surface area (Å²) in [5.41, 5.74) is 3.43. The second-order valence-corrected chi connectivity index (χ2v) is 7.21. The van der Waals surface area contributed by atoms with Gasteiger partial charge in [-0.05, 0) is 41.7 Å². The number of nitrogens with one attached hydrogen (secondary N) is 2. The molecule has 3 rings (SSSR count). The minimum Gasteiger partial charge on any atom is -0.345 e. The van der Waals surface area contributed by atoms with Crippen molar-refractivity contribution in [1.29, 1.82) is 0 Å². The van der Waals surface area contributed by atoms with Crippen LogP contribution in [0, 0.1) is 5.41 Å². The van der Waals surface area contributed by atoms with Gasteiger partial charge in [-0.2, -0.15) is 0 Å². The maximum absolute atomic E-state index is 12.7. The number of carbonyl (C=O) groups is 1. The Morgan fingerprint density at radius 1 is 1.29 bits per heavy atom. The van der Waals surface area contributed by atoms with Gasteiger partial charge in [0.15, 0.2) is 0 Å². The number of H-pyrrole nitrogens is 1. The maximum Gasteiger partial charge on any atom is 0.251 e. The quantitative estimate of drug-likeness (QED) is 0.766. The van der Waals surface area contributed by atoms with E-state index in [0.717, 1.165) is 23.0 Å². The lowest BCUT2D eigenvalue weighted by Gasteiger charge is -2.27. The molecule has 0 fully saturated rings. The third kappa shape index (κ3) is 3.79. The number of benzene rings is 1. The molecule has 0 spiro atoms. The van der Waals surface area contributed by atoms with Gasteiger partial charge in [0.25, 0.3) is 5.91 Å². The van der Waals surface area contributed by atoms with Crippen LogP contribution in [0.4, 0.5) is 0 Å². The van der Waals surface area contributed by atoms with E-state index in [0.29, 0.717) is 5.56 Å². The van der Waals surface area contributed by atoms with E-state index in [1.165, 1.54) is 0 Å². The standard InChI is InChI=1S/C19H22N4O/c1-19(2,3)10-17(14-5-4-8-20-11-14)23-18(24)13-6-7-15-16(9-13)22-12-21-15/h4-9,11-12,17H,10H2,1-3H3,(H,21,22)(H,23,24)/t17-/m1/s1. The zero-order chi connectivity index (χ0) is 17.2. The van der Waals surface area contributed by atoms with E-state index in [1.807, 2.05) is 30.5 Å². The zero-order valence-corrected chi connectivity index (χ0v) is 14.2. The van der Waals surface area contributed by atoms with Crippen LogP contribution in [-0.4, -0.2) is 20.9 Å². The number of carbonyl (C=O) groups excluding carboxylic acids is 1. The highest BCUT2D eigenvalue weighted by molar-refractivity contribution is 5.97. The fraction of sp³-hybridized carbons (Fsp3) is 0.316. The molecule has 3 aromatic rings. The van der Waals surface area contributed by atoms with Crippen molar-refractivity contribution in [1.82, 2.24) is 20.3 Å². The summed E-state index contributed by atoms with van der Waals surface area (Å²) < 4.78 is 0. The third-order valence-electron chi connectivity index (χ3n) is 3.89. The first-order chi connectivity index (χ1) is 11.4. The molecule has 1 aromatic carbocycles. The van der Waals surface area contributed by atoms with Crippen LogP contribution in [0.15, 0.2) is 49.1 Å². The third-order valence-corrected chi connectivity index (χ3v) is 3.89. The number of fused-ring (bicyclic) bond motifs is 1. The Bertz CT molecular complexity index is 833. The molecule has 0 bridgehead atoms. The molecular weight excluding hydrogens is 300 g/mol. The lowest BCUT2D eigenvalue weighted by Crippen LogP contribution is -2.31. The molecule has 0 aliphatic carbocycles. The van der Waals surface area contributed by atoms with E-state index in [4.69, 9.17) is 0 Å². The van der Waals surface area contributed by atoms with Gasteiger partial charge in [-0.25, -0.2) is 4.98 Å². The molecule has 2 aromatic heterocycles. The molecule has 0 saturated carbocycles. The highest BCUT2D eigenvalue weighted by Crippen LogP contribution is 2.29. The van der Waals surface area contributed by atoms with Crippen molar-refractivity contribution >= 4 is 16.9 Å². The van der Waals surface area contributed by atoms with E-state index < -0.39 is 0 Å². The summed E-state index contributed by atoms with van der Waals surface area (Å²) in [5, 5.41) is 3.15. The maximum atomic E-state index is 12.7. The van der Waals surface area contributed by atoms with Crippen molar-refractivity contribution < 1.29 is 4.79 Å². The van der Waals surface area contributed by atoms with Gasteiger partial charge in [0.05, 0.1) is 23.4 Å². The van der Waals surface area contributed by atoms with Crippen LogP contribution in [0.3, 0.4) is 0 Å². The predicted molar refractivity (Wildman–Crippen MR) is 94.6 cm³/mol. The number of aromatic amines is 1. The van der Waals surface area contributed by atoms with Gasteiger partial charge in [-0.1, -0.05) is 26.8 Å². The number of hydrogen-bond donors (Lipinski definition) is 2. The normalized spacial score (nSPS) is 13.0. The Balaban J connectivity index is 1.84. The smallest absolute Gasteiger partial charge is 0.251 e. The molecule has 0 aliphatic rings. The van der Waals surface area contributed by atoms with E-state index in [-0.39, 0.29) is 17.4 Å². The van der Waals surface area contributed by atoms with Gasteiger partial charge in [0.2, 0.25) is 0 Å². The first kappa shape index (κ1) is 16.2. The van der Waals surface area contributed by atoms with Gasteiger partial charge >= 0.3 is 0 Å². The van der Waals surface area contributed by atoms with E-state index in [1.54, 1.807) is 18.6 Å². The second-order valence-electron chi connectivity index (χ2n) is 7.21. The topological polar surface area (TPSA) is 70.7 Å². The Labute approximate surface area is 141 Å². The lowest BCUT2D eigenvalue weighted by atomic mass is 9.85. The molecule has 0 unspecified atom stereocenters. The molecule has 0 aliphatic heterocycles. The Kier molecular flexibility index (Phi) is 4.34. The molecule has 24 heavy (non-hydrogen) atoms. The van der Waals surface area contributed by atoms with Gasteiger partial charge < -0.3 is 10.3 Å². The summed E-state index contributed by atoms with van der Waals surface area (Å²) in [6, 6.07) is 9.30. The first-order valence-electron chi connectivity index (χ1n) is 8.06. The van der Waals surface area contributed by atoms with E-state index >= 15 is 0 Å². The summed E-state index contributed by atoms with van der Waals surface area (Å²) in [6.45, 7) is 6.50. The molecule has 5 nitrogen and oxygen atoms in total. The highest BCUT2D eigenvalue weighted by atomic mass is 16.1. The summed E-state index contributed by atoms with van der Waals surface area (Å²) in [4.78, 5) is 24.1. The zero-order valence-electron chi connectivity index (χ0n) is 14.2. The van der Waals surface area contributed by atoms with Crippen LogP contribution in [0.2, 0.25) is 0 Å². The second kappa shape index (κ2) is 6.43. The lowest BCUT2D eigenvalue weighted by molar-refractivity contribution is 0.0926. The number of imidazole rings is 1. The monoisotopic (exact) mass is 322 g/mol. The average molecular weight is 322 g/mol. The Hall–Kier alpha value is -2.69. The number of pyridine rings is 1. The molecule has 124 valence electrons. The molecular formula is C19H22N4O. The van der Waals surface area contributed by atoms with Gasteiger partial charge in [-0.15, -0.1) is 0 Å². The highest BCUT2D eigenvalue weighted by Gasteiger charge is 2.22. The molecule has 2 N–H and O–H groups in total. The number of rotatable bonds is 4. The Morgan fingerprint density at radius 3 is 2.83 bits per heavy atom. The minimum atomic E-state index is -0.0930. The van der Waals surface area contributed by atoms with Crippen molar-refractivity contribution in [2.75, 3.05) is 0 Å². The van der Waals surface area contributed by atoms with Crippen molar-refractivity contribution in [3.63, 3.8) is 0 Å². The van der Waals surface area contributed by atoms with Crippen LogP contribution in [-0.2, 0) is 0 Å². The first-order valence-corrected chi connectivity index (χ1v) is 8.06. The Morgan fingerprint density at radius 2 is 2.12 bits per heavy atom. The van der Waals surface area contributed by atoms with Crippen molar-refractivity contribution in [2.24, 2.45) is 5.41 Å². The van der Waals surface area contributed by atoms with Crippen molar-refractivity contribution in [2.45, 2.75) is 33.2 Å². The van der Waals surface area contributed by atoms with Crippen LogP contribution >= 0.6 is 0 Å².